The van der Waals surface area contributed by atoms with Gasteiger partial charge in [-0.1, -0.05) is 0 Å². The lowest BCUT2D eigenvalue weighted by molar-refractivity contribution is 0.0587. The van der Waals surface area contributed by atoms with Crippen molar-refractivity contribution < 1.29 is 9.53 Å². The fraction of sp³-hybridized carbons (Fsp3) is 0.200. The van der Waals surface area contributed by atoms with Crippen LogP contribution in [0.2, 0.25) is 0 Å². The number of ether oxygens (including phenoxy) is 1. The maximum absolute atomic E-state index is 11.2. The number of aromatic nitrogens is 4. The van der Waals surface area contributed by atoms with E-state index in [0.29, 0.717) is 11.6 Å². The van der Waals surface area contributed by atoms with Crippen molar-refractivity contribution >= 4 is 17.6 Å². The van der Waals surface area contributed by atoms with Crippen molar-refractivity contribution in [3.8, 4) is 0 Å². The highest BCUT2D eigenvalue weighted by Crippen LogP contribution is 2.10. The number of nitrogens with one attached hydrogen (secondary N) is 1. The van der Waals surface area contributed by atoms with Crippen LogP contribution in [-0.4, -0.2) is 32.8 Å². The molecular weight excluding hydrogens is 222 g/mol. The standard InChI is InChI=1S/C10H11N5O2/c1-15-6-4-8(14-15)12-7-3-5-11-9(13-7)10(16)17-2/h3-6H,1-2H3,(H,11,12,13,14). The second-order valence-electron chi connectivity index (χ2n) is 3.26. The zero-order chi connectivity index (χ0) is 12.3. The average molecular weight is 233 g/mol. The van der Waals surface area contributed by atoms with Crippen molar-refractivity contribution in [2.75, 3.05) is 12.4 Å². The molecule has 0 unspecified atom stereocenters. The zero-order valence-corrected chi connectivity index (χ0v) is 9.41. The maximum atomic E-state index is 11.2. The summed E-state index contributed by atoms with van der Waals surface area (Å²) in [6.45, 7) is 0. The Morgan fingerprint density at radius 1 is 1.41 bits per heavy atom. The summed E-state index contributed by atoms with van der Waals surface area (Å²) in [6, 6.07) is 3.43. The van der Waals surface area contributed by atoms with Crippen LogP contribution in [0, 0.1) is 0 Å². The highest BCUT2D eigenvalue weighted by atomic mass is 16.5. The summed E-state index contributed by atoms with van der Waals surface area (Å²) in [5, 5.41) is 7.08. The van der Waals surface area contributed by atoms with E-state index in [1.165, 1.54) is 13.3 Å². The fourth-order valence-corrected chi connectivity index (χ4v) is 1.23. The summed E-state index contributed by atoms with van der Waals surface area (Å²) in [7, 11) is 3.09. The van der Waals surface area contributed by atoms with Crippen molar-refractivity contribution in [1.82, 2.24) is 19.7 Å². The Balaban J connectivity index is 2.19. The highest BCUT2D eigenvalue weighted by Gasteiger charge is 2.09. The maximum Gasteiger partial charge on any atom is 0.376 e. The molecule has 2 aromatic rings. The molecule has 1 N–H and O–H groups in total. The van der Waals surface area contributed by atoms with E-state index in [4.69, 9.17) is 0 Å². The minimum absolute atomic E-state index is 0.00781. The molecule has 0 fully saturated rings. The van der Waals surface area contributed by atoms with Crippen LogP contribution in [0.15, 0.2) is 24.5 Å². The first-order chi connectivity index (χ1) is 8.19. The summed E-state index contributed by atoms with van der Waals surface area (Å²) in [5.74, 6) is 0.559. The van der Waals surface area contributed by atoms with Gasteiger partial charge in [0.15, 0.2) is 5.82 Å². The molecule has 0 aliphatic heterocycles. The minimum atomic E-state index is -0.574. The van der Waals surface area contributed by atoms with E-state index in [2.05, 4.69) is 25.1 Å². The second kappa shape index (κ2) is 4.60. The largest absolute Gasteiger partial charge is 0.463 e. The van der Waals surface area contributed by atoms with Crippen LogP contribution in [0.5, 0.6) is 0 Å². The Bertz CT molecular complexity index is 537. The number of esters is 1. The number of aryl methyl sites for hydroxylation is 1. The molecule has 0 atom stereocenters. The molecule has 0 radical (unpaired) electrons. The van der Waals surface area contributed by atoms with Crippen molar-refractivity contribution in [1.29, 1.82) is 0 Å². The average Bonchev–Trinajstić information content (AvgIpc) is 2.74. The van der Waals surface area contributed by atoms with Gasteiger partial charge in [-0.05, 0) is 6.07 Å². The van der Waals surface area contributed by atoms with Gasteiger partial charge >= 0.3 is 5.97 Å². The van der Waals surface area contributed by atoms with Gasteiger partial charge < -0.3 is 10.1 Å². The Hall–Kier alpha value is -2.44. The summed E-state index contributed by atoms with van der Waals surface area (Å²) in [6.07, 6.45) is 3.27. The van der Waals surface area contributed by atoms with E-state index in [0.717, 1.165) is 0 Å². The molecule has 0 saturated carbocycles. The van der Waals surface area contributed by atoms with E-state index < -0.39 is 5.97 Å². The third kappa shape index (κ3) is 2.57. The SMILES string of the molecule is COC(=O)c1nccc(Nc2ccn(C)n2)n1. The van der Waals surface area contributed by atoms with Gasteiger partial charge in [-0.15, -0.1) is 0 Å². The van der Waals surface area contributed by atoms with Crippen molar-refractivity contribution in [2.45, 2.75) is 0 Å². The summed E-state index contributed by atoms with van der Waals surface area (Å²) >= 11 is 0. The van der Waals surface area contributed by atoms with Crippen LogP contribution in [0.1, 0.15) is 10.6 Å². The van der Waals surface area contributed by atoms with Crippen LogP contribution in [0.4, 0.5) is 11.6 Å². The van der Waals surface area contributed by atoms with E-state index in [9.17, 15) is 4.79 Å². The van der Waals surface area contributed by atoms with Gasteiger partial charge in [0.1, 0.15) is 5.82 Å². The predicted octanol–water partition coefficient (Wildman–Crippen LogP) is 0.740. The molecule has 2 rings (SSSR count). The van der Waals surface area contributed by atoms with E-state index >= 15 is 0 Å². The molecule has 2 aromatic heterocycles. The number of hydrogen-bond acceptors (Lipinski definition) is 6. The van der Waals surface area contributed by atoms with E-state index in [1.54, 1.807) is 23.0 Å². The molecular formula is C10H11N5O2. The first-order valence-corrected chi connectivity index (χ1v) is 4.87. The molecule has 0 saturated heterocycles. The number of nitrogens with zero attached hydrogens (tertiary/aromatic N) is 4. The smallest absolute Gasteiger partial charge is 0.376 e. The number of carbonyl (C=O) groups excluding carboxylic acids is 1. The predicted molar refractivity (Wildman–Crippen MR) is 59.9 cm³/mol. The van der Waals surface area contributed by atoms with Gasteiger partial charge in [0.05, 0.1) is 7.11 Å². The number of methoxy groups -OCH3 is 1. The van der Waals surface area contributed by atoms with Crippen LogP contribution in [0.25, 0.3) is 0 Å². The molecule has 2 heterocycles. The van der Waals surface area contributed by atoms with Crippen LogP contribution in [0.3, 0.4) is 0 Å². The first kappa shape index (κ1) is 11.1. The summed E-state index contributed by atoms with van der Waals surface area (Å²) < 4.78 is 6.19. The van der Waals surface area contributed by atoms with Crippen molar-refractivity contribution in [3.05, 3.63) is 30.4 Å². The number of rotatable bonds is 3. The van der Waals surface area contributed by atoms with Gasteiger partial charge in [-0.2, -0.15) is 5.10 Å². The van der Waals surface area contributed by atoms with Crippen molar-refractivity contribution in [3.63, 3.8) is 0 Å². The van der Waals surface area contributed by atoms with Crippen molar-refractivity contribution in [2.24, 2.45) is 7.05 Å². The lowest BCUT2D eigenvalue weighted by Gasteiger charge is -2.02. The Kier molecular flexibility index (Phi) is 2.99. The molecule has 0 aliphatic carbocycles. The fourth-order valence-electron chi connectivity index (χ4n) is 1.23. The Morgan fingerprint density at radius 2 is 2.24 bits per heavy atom. The third-order valence-corrected chi connectivity index (χ3v) is 1.99. The molecule has 0 aromatic carbocycles. The van der Waals surface area contributed by atoms with E-state index in [1.807, 2.05) is 7.05 Å². The van der Waals surface area contributed by atoms with Crippen LogP contribution >= 0.6 is 0 Å². The zero-order valence-electron chi connectivity index (χ0n) is 9.41. The van der Waals surface area contributed by atoms with Crippen LogP contribution in [-0.2, 0) is 11.8 Å². The molecule has 0 spiro atoms. The molecule has 0 bridgehead atoms. The number of anilines is 2. The topological polar surface area (TPSA) is 81.9 Å². The number of carbonyl (C=O) groups is 1. The highest BCUT2D eigenvalue weighted by molar-refractivity contribution is 5.85. The third-order valence-electron chi connectivity index (χ3n) is 1.99. The molecule has 0 amide bonds. The summed E-state index contributed by atoms with van der Waals surface area (Å²) in [5.41, 5.74) is 0. The summed E-state index contributed by atoms with van der Waals surface area (Å²) in [4.78, 5) is 19.0. The van der Waals surface area contributed by atoms with Crippen LogP contribution < -0.4 is 5.32 Å². The quantitative estimate of drug-likeness (QED) is 0.787. The lowest BCUT2D eigenvalue weighted by atomic mass is 10.5. The monoisotopic (exact) mass is 233 g/mol. The van der Waals surface area contributed by atoms with Gasteiger partial charge in [-0.25, -0.2) is 14.8 Å². The molecule has 88 valence electrons. The molecule has 7 heteroatoms. The Labute approximate surface area is 97.5 Å². The van der Waals surface area contributed by atoms with E-state index in [-0.39, 0.29) is 5.82 Å². The van der Waals surface area contributed by atoms with Gasteiger partial charge in [0, 0.05) is 25.5 Å². The second-order valence-corrected chi connectivity index (χ2v) is 3.26. The minimum Gasteiger partial charge on any atom is -0.463 e. The molecule has 7 nitrogen and oxygen atoms in total. The Morgan fingerprint density at radius 3 is 2.88 bits per heavy atom. The normalized spacial score (nSPS) is 10.0. The van der Waals surface area contributed by atoms with Gasteiger partial charge in [-0.3, -0.25) is 4.68 Å². The molecule has 0 aliphatic rings. The van der Waals surface area contributed by atoms with Gasteiger partial charge in [0.25, 0.3) is 0 Å². The van der Waals surface area contributed by atoms with Gasteiger partial charge in [0.2, 0.25) is 5.82 Å². The lowest BCUT2D eigenvalue weighted by Crippen LogP contribution is -2.08. The first-order valence-electron chi connectivity index (χ1n) is 4.87. The molecule has 17 heavy (non-hydrogen) atoms. The number of hydrogen-bond donors (Lipinski definition) is 1.